The smallest absolute Gasteiger partial charge is 0.147 e. The van der Waals surface area contributed by atoms with E-state index in [1.165, 1.54) is 0 Å². The average molecular weight is 247 g/mol. The fourth-order valence-corrected chi connectivity index (χ4v) is 2.31. The van der Waals surface area contributed by atoms with Crippen LogP contribution in [-0.2, 0) is 0 Å². The quantitative estimate of drug-likeness (QED) is 0.870. The summed E-state index contributed by atoms with van der Waals surface area (Å²) in [5.41, 5.74) is 0. The van der Waals surface area contributed by atoms with Crippen molar-refractivity contribution in [2.24, 2.45) is 5.92 Å². The van der Waals surface area contributed by atoms with Crippen LogP contribution < -0.4 is 4.90 Å². The second kappa shape index (κ2) is 4.56. The van der Waals surface area contributed by atoms with Crippen molar-refractivity contribution >= 4 is 29.0 Å². The molecule has 5 heteroatoms. The molecule has 0 aromatic carbocycles. The lowest BCUT2D eigenvalue weighted by molar-refractivity contribution is 0.238. The summed E-state index contributed by atoms with van der Waals surface area (Å²) in [5.74, 6) is 1.09. The Hall–Kier alpha value is -0.510. The Bertz CT molecular complexity index is 359. The summed E-state index contributed by atoms with van der Waals surface area (Å²) in [5, 5.41) is 10.2. The standard InChI is InChI=1S/C10H12Cl2N2O/c11-8-3-9(12)10(13-4-8)14-2-1-7(5-14)6-15/h3-4,7,15H,1-2,5-6H2. The molecule has 15 heavy (non-hydrogen) atoms. The Morgan fingerprint density at radius 2 is 2.33 bits per heavy atom. The summed E-state index contributed by atoms with van der Waals surface area (Å²) in [6.07, 6.45) is 2.58. The van der Waals surface area contributed by atoms with Crippen LogP contribution in [-0.4, -0.2) is 29.8 Å². The lowest BCUT2D eigenvalue weighted by Crippen LogP contribution is -2.21. The summed E-state index contributed by atoms with van der Waals surface area (Å²) in [7, 11) is 0. The topological polar surface area (TPSA) is 36.4 Å². The summed E-state index contributed by atoms with van der Waals surface area (Å²) < 4.78 is 0. The van der Waals surface area contributed by atoms with Crippen LogP contribution >= 0.6 is 23.2 Å². The summed E-state index contributed by atoms with van der Waals surface area (Å²) >= 11 is 11.8. The molecule has 2 rings (SSSR count). The fraction of sp³-hybridized carbons (Fsp3) is 0.500. The first-order chi connectivity index (χ1) is 7.20. The number of nitrogens with zero attached hydrogens (tertiary/aromatic N) is 2. The maximum absolute atomic E-state index is 9.04. The molecule has 0 aliphatic carbocycles. The van der Waals surface area contributed by atoms with Gasteiger partial charge in [0, 0.05) is 31.8 Å². The molecule has 1 atom stereocenters. The molecule has 1 aliphatic heterocycles. The highest BCUT2D eigenvalue weighted by Gasteiger charge is 2.24. The third-order valence-electron chi connectivity index (χ3n) is 2.63. The second-order valence-electron chi connectivity index (χ2n) is 3.74. The predicted molar refractivity (Wildman–Crippen MR) is 61.7 cm³/mol. The zero-order chi connectivity index (χ0) is 10.8. The highest BCUT2D eigenvalue weighted by molar-refractivity contribution is 6.36. The van der Waals surface area contributed by atoms with Gasteiger partial charge < -0.3 is 10.0 Å². The maximum Gasteiger partial charge on any atom is 0.147 e. The van der Waals surface area contributed by atoms with Gasteiger partial charge >= 0.3 is 0 Å². The largest absolute Gasteiger partial charge is 0.396 e. The third kappa shape index (κ3) is 2.36. The number of hydrogen-bond acceptors (Lipinski definition) is 3. The number of halogens is 2. The van der Waals surface area contributed by atoms with Crippen molar-refractivity contribution in [2.45, 2.75) is 6.42 Å². The molecule has 0 radical (unpaired) electrons. The van der Waals surface area contributed by atoms with Gasteiger partial charge in [0.25, 0.3) is 0 Å². The van der Waals surface area contributed by atoms with E-state index in [-0.39, 0.29) is 6.61 Å². The van der Waals surface area contributed by atoms with Gasteiger partial charge in [0.1, 0.15) is 5.82 Å². The lowest BCUT2D eigenvalue weighted by Gasteiger charge is -2.18. The Balaban J connectivity index is 2.17. The van der Waals surface area contributed by atoms with Gasteiger partial charge in [-0.25, -0.2) is 4.98 Å². The predicted octanol–water partition coefficient (Wildman–Crippen LogP) is 2.21. The first-order valence-electron chi connectivity index (χ1n) is 4.87. The number of aliphatic hydroxyl groups is 1. The summed E-state index contributed by atoms with van der Waals surface area (Å²) in [6.45, 7) is 1.92. The molecular weight excluding hydrogens is 235 g/mol. The molecule has 2 heterocycles. The molecule has 1 N–H and O–H groups in total. The number of aliphatic hydroxyl groups excluding tert-OH is 1. The molecular formula is C10H12Cl2N2O. The van der Waals surface area contributed by atoms with Crippen LogP contribution in [0.3, 0.4) is 0 Å². The number of anilines is 1. The SMILES string of the molecule is OCC1CCN(c2ncc(Cl)cc2Cl)C1. The summed E-state index contributed by atoms with van der Waals surface area (Å²) in [6, 6.07) is 1.69. The van der Waals surface area contributed by atoms with Gasteiger partial charge in [-0.15, -0.1) is 0 Å². The number of hydrogen-bond donors (Lipinski definition) is 1. The lowest BCUT2D eigenvalue weighted by atomic mass is 10.1. The van der Waals surface area contributed by atoms with Crippen LogP contribution in [0.5, 0.6) is 0 Å². The molecule has 3 nitrogen and oxygen atoms in total. The van der Waals surface area contributed by atoms with E-state index in [0.717, 1.165) is 25.3 Å². The Labute approximate surface area is 98.6 Å². The van der Waals surface area contributed by atoms with Gasteiger partial charge in [0.2, 0.25) is 0 Å². The van der Waals surface area contributed by atoms with E-state index in [0.29, 0.717) is 16.0 Å². The molecule has 1 aromatic heterocycles. The fourth-order valence-electron chi connectivity index (χ4n) is 1.81. The number of rotatable bonds is 2. The van der Waals surface area contributed by atoms with Gasteiger partial charge in [-0.05, 0) is 12.5 Å². The zero-order valence-electron chi connectivity index (χ0n) is 8.16. The van der Waals surface area contributed by atoms with Crippen LogP contribution in [0, 0.1) is 5.92 Å². The first-order valence-corrected chi connectivity index (χ1v) is 5.63. The van der Waals surface area contributed by atoms with E-state index in [2.05, 4.69) is 9.88 Å². The number of pyridine rings is 1. The molecule has 1 aromatic rings. The van der Waals surface area contributed by atoms with E-state index in [1.807, 2.05) is 0 Å². The zero-order valence-corrected chi connectivity index (χ0v) is 9.67. The van der Waals surface area contributed by atoms with Gasteiger partial charge in [0.05, 0.1) is 10.0 Å². The molecule has 1 unspecified atom stereocenters. The monoisotopic (exact) mass is 246 g/mol. The molecule has 1 fully saturated rings. The van der Waals surface area contributed by atoms with Gasteiger partial charge in [0.15, 0.2) is 0 Å². The molecule has 0 spiro atoms. The molecule has 82 valence electrons. The van der Waals surface area contributed by atoms with Crippen molar-refractivity contribution in [1.29, 1.82) is 0 Å². The highest BCUT2D eigenvalue weighted by atomic mass is 35.5. The van der Waals surface area contributed by atoms with Crippen LogP contribution in [0.25, 0.3) is 0 Å². The van der Waals surface area contributed by atoms with Crippen molar-refractivity contribution in [3.63, 3.8) is 0 Å². The normalized spacial score (nSPS) is 21.0. The second-order valence-corrected chi connectivity index (χ2v) is 4.59. The van der Waals surface area contributed by atoms with E-state index < -0.39 is 0 Å². The van der Waals surface area contributed by atoms with Gasteiger partial charge in [-0.3, -0.25) is 0 Å². The minimum Gasteiger partial charge on any atom is -0.396 e. The van der Waals surface area contributed by atoms with Crippen LogP contribution in [0.4, 0.5) is 5.82 Å². The third-order valence-corrected chi connectivity index (χ3v) is 3.12. The van der Waals surface area contributed by atoms with E-state index in [4.69, 9.17) is 28.3 Å². The maximum atomic E-state index is 9.04. The van der Waals surface area contributed by atoms with Crippen molar-refractivity contribution < 1.29 is 5.11 Å². The van der Waals surface area contributed by atoms with Crippen LogP contribution in [0.15, 0.2) is 12.3 Å². The molecule has 1 aliphatic rings. The molecule has 0 amide bonds. The minimum absolute atomic E-state index is 0.224. The van der Waals surface area contributed by atoms with Gasteiger partial charge in [-0.1, -0.05) is 23.2 Å². The average Bonchev–Trinajstić information content (AvgIpc) is 2.66. The van der Waals surface area contributed by atoms with E-state index in [1.54, 1.807) is 12.3 Å². The minimum atomic E-state index is 0.224. The molecule has 0 bridgehead atoms. The Kier molecular flexibility index (Phi) is 3.34. The van der Waals surface area contributed by atoms with Gasteiger partial charge in [-0.2, -0.15) is 0 Å². The van der Waals surface area contributed by atoms with Crippen LogP contribution in [0.1, 0.15) is 6.42 Å². The Morgan fingerprint density at radius 3 is 2.93 bits per heavy atom. The summed E-state index contributed by atoms with van der Waals surface area (Å²) in [4.78, 5) is 6.29. The number of aromatic nitrogens is 1. The van der Waals surface area contributed by atoms with E-state index >= 15 is 0 Å². The highest BCUT2D eigenvalue weighted by Crippen LogP contribution is 2.29. The molecule has 0 saturated carbocycles. The van der Waals surface area contributed by atoms with Crippen molar-refractivity contribution in [3.8, 4) is 0 Å². The van der Waals surface area contributed by atoms with Crippen molar-refractivity contribution in [1.82, 2.24) is 4.98 Å². The van der Waals surface area contributed by atoms with Crippen molar-refractivity contribution in [3.05, 3.63) is 22.3 Å². The van der Waals surface area contributed by atoms with Crippen molar-refractivity contribution in [2.75, 3.05) is 24.6 Å². The molecule has 1 saturated heterocycles. The Morgan fingerprint density at radius 1 is 1.53 bits per heavy atom. The van der Waals surface area contributed by atoms with Crippen LogP contribution in [0.2, 0.25) is 10.0 Å². The van der Waals surface area contributed by atoms with E-state index in [9.17, 15) is 0 Å². The first kappa shape index (κ1) is 11.0.